The van der Waals surface area contributed by atoms with E-state index in [-0.39, 0.29) is 41.9 Å². The minimum Gasteiger partial charge on any atom is -0.347 e. The first kappa shape index (κ1) is 24.8. The molecule has 14 nitrogen and oxygen atoms in total. The van der Waals surface area contributed by atoms with Crippen LogP contribution in [-0.2, 0) is 15.4 Å². The zero-order chi connectivity index (χ0) is 25.7. The van der Waals surface area contributed by atoms with Crippen LogP contribution in [0.4, 0.5) is 21.1 Å². The molecule has 0 spiro atoms. The number of urea groups is 2. The summed E-state index contributed by atoms with van der Waals surface area (Å²) in [5.74, 6) is -1.65. The van der Waals surface area contributed by atoms with Crippen molar-refractivity contribution in [2.75, 3.05) is 24.2 Å². The minimum atomic E-state index is -1.61. The standard InChI is InChI=1S/C22H28N10O4/c1-13-22(23,36-15(8-9-16(33)29-13)10-25-20(34)24-2)32-12-28-17-18(26-11-27-19(17)32)31-21(35)30-14-6-4-3-5-7-14/h3-7,11-13,15H,8-10,23H2,1-2H3,(H,29,33)(H2,24,25,34)(H2,26,27,30,31,35)/t13?,15-,22-/m0/s1. The Kier molecular flexibility index (Phi) is 7.26. The predicted molar refractivity (Wildman–Crippen MR) is 131 cm³/mol. The van der Waals surface area contributed by atoms with Gasteiger partial charge in [-0.25, -0.2) is 24.5 Å². The highest BCUT2D eigenvalue weighted by molar-refractivity contribution is 6.02. The average molecular weight is 497 g/mol. The van der Waals surface area contributed by atoms with E-state index in [4.69, 9.17) is 10.5 Å². The second-order valence-electron chi connectivity index (χ2n) is 8.23. The third kappa shape index (κ3) is 5.34. The predicted octanol–water partition coefficient (Wildman–Crippen LogP) is 0.652. The number of rotatable bonds is 5. The molecule has 5 amide bonds. The van der Waals surface area contributed by atoms with Crippen molar-refractivity contribution >= 4 is 40.6 Å². The van der Waals surface area contributed by atoms with E-state index in [0.717, 1.165) is 0 Å². The van der Waals surface area contributed by atoms with Crippen LogP contribution < -0.4 is 32.3 Å². The van der Waals surface area contributed by atoms with Crippen LogP contribution in [0.5, 0.6) is 0 Å². The summed E-state index contributed by atoms with van der Waals surface area (Å²) in [6.07, 6.45) is 2.63. The summed E-state index contributed by atoms with van der Waals surface area (Å²) in [7, 11) is 1.50. The molecule has 1 aliphatic heterocycles. The molecule has 14 heteroatoms. The summed E-state index contributed by atoms with van der Waals surface area (Å²) in [6.45, 7) is 1.83. The number of carbonyl (C=O) groups is 3. The van der Waals surface area contributed by atoms with Crippen LogP contribution in [0.15, 0.2) is 43.0 Å². The molecular weight excluding hydrogens is 468 g/mol. The number of anilines is 2. The van der Waals surface area contributed by atoms with Crippen molar-refractivity contribution in [3.05, 3.63) is 43.0 Å². The van der Waals surface area contributed by atoms with Gasteiger partial charge in [-0.05, 0) is 25.5 Å². The van der Waals surface area contributed by atoms with E-state index in [1.54, 1.807) is 31.2 Å². The van der Waals surface area contributed by atoms with E-state index in [0.29, 0.717) is 12.1 Å². The van der Waals surface area contributed by atoms with E-state index in [1.807, 2.05) is 6.07 Å². The Hall–Kier alpha value is -4.30. The van der Waals surface area contributed by atoms with Gasteiger partial charge in [-0.3, -0.25) is 20.4 Å². The Balaban J connectivity index is 1.62. The maximum Gasteiger partial charge on any atom is 0.324 e. The largest absolute Gasteiger partial charge is 0.347 e. The number of nitrogens with two attached hydrogens (primary N) is 1. The highest BCUT2D eigenvalue weighted by Crippen LogP contribution is 2.28. The van der Waals surface area contributed by atoms with E-state index in [9.17, 15) is 14.4 Å². The summed E-state index contributed by atoms with van der Waals surface area (Å²) in [4.78, 5) is 49.4. The minimum absolute atomic E-state index is 0.132. The van der Waals surface area contributed by atoms with Crippen molar-refractivity contribution in [1.82, 2.24) is 35.5 Å². The normalized spacial score (nSPS) is 22.1. The molecule has 1 fully saturated rings. The Morgan fingerprint density at radius 2 is 1.97 bits per heavy atom. The number of benzene rings is 1. The molecule has 1 unspecified atom stereocenters. The first-order chi connectivity index (χ1) is 17.3. The molecule has 0 bridgehead atoms. The Morgan fingerprint density at radius 3 is 2.72 bits per heavy atom. The summed E-state index contributed by atoms with van der Waals surface area (Å²) in [5.41, 5.74) is 7.91. The summed E-state index contributed by atoms with van der Waals surface area (Å²) < 4.78 is 7.75. The summed E-state index contributed by atoms with van der Waals surface area (Å²) in [6, 6.07) is 7.34. The fourth-order valence-electron chi connectivity index (χ4n) is 3.81. The number of nitrogens with zero attached hydrogens (tertiary/aromatic N) is 4. The molecule has 7 N–H and O–H groups in total. The first-order valence-electron chi connectivity index (χ1n) is 11.3. The SMILES string of the molecule is CNC(=O)NC[C@@H]1CCC(=O)NC(C)[C@](N)(n2cnc3c(NC(=O)Nc4ccccc4)ncnc32)O1. The molecule has 3 aromatic rings. The third-order valence-corrected chi connectivity index (χ3v) is 5.74. The molecule has 3 atom stereocenters. The van der Waals surface area contributed by atoms with Crippen LogP contribution in [0, 0.1) is 0 Å². The quantitative estimate of drug-likeness (QED) is 0.297. The van der Waals surface area contributed by atoms with Gasteiger partial charge >= 0.3 is 12.1 Å². The summed E-state index contributed by atoms with van der Waals surface area (Å²) in [5, 5.41) is 13.4. The molecular formula is C22H28N10O4. The van der Waals surface area contributed by atoms with Gasteiger partial charge in [0.1, 0.15) is 12.7 Å². The third-order valence-electron chi connectivity index (χ3n) is 5.74. The van der Waals surface area contributed by atoms with Crippen LogP contribution in [0.3, 0.4) is 0 Å². The lowest BCUT2D eigenvalue weighted by molar-refractivity contribution is -0.172. The number of hydrogen-bond acceptors (Lipinski definition) is 8. The maximum atomic E-state index is 12.5. The Morgan fingerprint density at radius 1 is 1.19 bits per heavy atom. The lowest BCUT2D eigenvalue weighted by Crippen LogP contribution is -2.63. The molecule has 0 saturated carbocycles. The van der Waals surface area contributed by atoms with Gasteiger partial charge in [0, 0.05) is 25.7 Å². The molecule has 36 heavy (non-hydrogen) atoms. The number of carbonyl (C=O) groups excluding carboxylic acids is 3. The van der Waals surface area contributed by atoms with Gasteiger partial charge in [-0.2, -0.15) is 0 Å². The lowest BCUT2D eigenvalue weighted by atomic mass is 10.1. The first-order valence-corrected chi connectivity index (χ1v) is 11.3. The number of nitrogens with one attached hydrogen (secondary N) is 5. The average Bonchev–Trinajstić information content (AvgIpc) is 3.31. The van der Waals surface area contributed by atoms with Gasteiger partial charge in [0.2, 0.25) is 11.8 Å². The van der Waals surface area contributed by atoms with E-state index in [1.165, 1.54) is 24.3 Å². The number of fused-ring (bicyclic) bond motifs is 1. The molecule has 1 aromatic carbocycles. The van der Waals surface area contributed by atoms with Gasteiger partial charge in [-0.15, -0.1) is 0 Å². The molecule has 1 saturated heterocycles. The van der Waals surface area contributed by atoms with Gasteiger partial charge in [0.25, 0.3) is 0 Å². The second kappa shape index (κ2) is 10.5. The van der Waals surface area contributed by atoms with Crippen molar-refractivity contribution < 1.29 is 19.1 Å². The summed E-state index contributed by atoms with van der Waals surface area (Å²) >= 11 is 0. The van der Waals surface area contributed by atoms with Crippen LogP contribution >= 0.6 is 0 Å². The van der Waals surface area contributed by atoms with Crippen LogP contribution in [0.25, 0.3) is 11.2 Å². The fourth-order valence-corrected chi connectivity index (χ4v) is 3.81. The van der Waals surface area contributed by atoms with E-state index < -0.39 is 24.0 Å². The van der Waals surface area contributed by atoms with Crippen molar-refractivity contribution in [3.63, 3.8) is 0 Å². The topological polar surface area (TPSA) is 190 Å². The van der Waals surface area contributed by atoms with Crippen molar-refractivity contribution in [2.24, 2.45) is 5.73 Å². The van der Waals surface area contributed by atoms with Crippen LogP contribution in [0.1, 0.15) is 19.8 Å². The number of ether oxygens (including phenoxy) is 1. The molecule has 0 radical (unpaired) electrons. The second-order valence-corrected chi connectivity index (χ2v) is 8.23. The molecule has 1 aliphatic rings. The molecule has 3 heterocycles. The maximum absolute atomic E-state index is 12.5. The molecule has 4 rings (SSSR count). The van der Waals surface area contributed by atoms with Crippen LogP contribution in [0.2, 0.25) is 0 Å². The van der Waals surface area contributed by atoms with Crippen molar-refractivity contribution in [1.29, 1.82) is 0 Å². The smallest absolute Gasteiger partial charge is 0.324 e. The number of hydrogen-bond donors (Lipinski definition) is 6. The lowest BCUT2D eigenvalue weighted by Gasteiger charge is -2.41. The number of aromatic nitrogens is 4. The molecule has 0 aliphatic carbocycles. The van der Waals surface area contributed by atoms with Crippen molar-refractivity contribution in [2.45, 2.75) is 37.8 Å². The van der Waals surface area contributed by atoms with E-state index in [2.05, 4.69) is 41.5 Å². The monoisotopic (exact) mass is 496 g/mol. The number of para-hydroxylation sites is 1. The van der Waals surface area contributed by atoms with Crippen molar-refractivity contribution in [3.8, 4) is 0 Å². The van der Waals surface area contributed by atoms with Gasteiger partial charge in [0.15, 0.2) is 17.0 Å². The fraction of sp³-hybridized carbons (Fsp3) is 0.364. The number of imidazole rings is 1. The number of amides is 5. The van der Waals surface area contributed by atoms with E-state index >= 15 is 0 Å². The zero-order valence-electron chi connectivity index (χ0n) is 19.8. The van der Waals surface area contributed by atoms with Gasteiger partial charge in [-0.1, -0.05) is 18.2 Å². The molecule has 190 valence electrons. The highest BCUT2D eigenvalue weighted by atomic mass is 16.5. The Bertz CT molecular complexity index is 1250. The zero-order valence-corrected chi connectivity index (χ0v) is 19.8. The molecule has 2 aromatic heterocycles. The highest BCUT2D eigenvalue weighted by Gasteiger charge is 2.42. The van der Waals surface area contributed by atoms with Gasteiger partial charge in [0.05, 0.1) is 12.1 Å². The Labute approximate surface area is 206 Å². The van der Waals surface area contributed by atoms with Gasteiger partial charge < -0.3 is 26.0 Å². The van der Waals surface area contributed by atoms with Crippen LogP contribution in [-0.4, -0.2) is 63.2 Å².